The molecule has 0 aliphatic rings. The highest BCUT2D eigenvalue weighted by Gasteiger charge is 2.13. The van der Waals surface area contributed by atoms with Crippen LogP contribution < -0.4 is 9.64 Å². The normalized spacial score (nSPS) is 10.3. The van der Waals surface area contributed by atoms with E-state index < -0.39 is 17.6 Å². The number of rotatable bonds is 7. The summed E-state index contributed by atoms with van der Waals surface area (Å²) < 4.78 is 31.5. The molecule has 0 spiro atoms. The number of carboxylic acids is 1. The summed E-state index contributed by atoms with van der Waals surface area (Å²) in [5.74, 6) is -3.20. The monoisotopic (exact) mass is 335 g/mol. The number of aromatic carboxylic acids is 1. The van der Waals surface area contributed by atoms with Crippen molar-refractivity contribution in [3.63, 3.8) is 0 Å². The summed E-state index contributed by atoms with van der Waals surface area (Å²) in [6.45, 7) is 1.23. The molecule has 0 unspecified atom stereocenters. The lowest BCUT2D eigenvalue weighted by Gasteiger charge is -2.24. The third kappa shape index (κ3) is 4.52. The van der Waals surface area contributed by atoms with Crippen LogP contribution in [0.5, 0.6) is 5.75 Å². The molecule has 5 nitrogen and oxygen atoms in total. The fourth-order valence-electron chi connectivity index (χ4n) is 2.03. The highest BCUT2D eigenvalue weighted by atomic mass is 19.2. The minimum Gasteiger partial charge on any atom is -0.478 e. The fourth-order valence-corrected chi connectivity index (χ4v) is 2.03. The second kappa shape index (κ2) is 7.54. The molecule has 1 N–H and O–H groups in total. The molecule has 0 atom stereocenters. The Kier molecular flexibility index (Phi) is 5.47. The van der Waals surface area contributed by atoms with Crippen LogP contribution in [0, 0.1) is 11.6 Å². The number of anilines is 1. The Hall–Kier alpha value is -2.96. The lowest BCUT2D eigenvalue weighted by atomic mass is 10.2. The van der Waals surface area contributed by atoms with Crippen molar-refractivity contribution in [1.82, 2.24) is 0 Å². The first-order valence-corrected chi connectivity index (χ1v) is 7.02. The Morgan fingerprint density at radius 2 is 1.88 bits per heavy atom. The number of Topliss-reactive ketones (excluding diaryl/α,β-unsaturated/α-hetero) is 1. The van der Waals surface area contributed by atoms with Crippen LogP contribution in [0.15, 0.2) is 42.5 Å². The lowest BCUT2D eigenvalue weighted by molar-refractivity contribution is -0.115. The van der Waals surface area contributed by atoms with E-state index in [2.05, 4.69) is 0 Å². The molecule has 126 valence electrons. The predicted octanol–water partition coefficient (Wildman–Crippen LogP) is 3.09. The highest BCUT2D eigenvalue weighted by molar-refractivity contribution is 5.89. The molecule has 0 saturated carbocycles. The van der Waals surface area contributed by atoms with Crippen molar-refractivity contribution in [3.05, 3.63) is 59.7 Å². The van der Waals surface area contributed by atoms with Crippen LogP contribution in [0.2, 0.25) is 0 Å². The van der Waals surface area contributed by atoms with E-state index in [1.165, 1.54) is 30.0 Å². The van der Waals surface area contributed by atoms with Gasteiger partial charge in [0.25, 0.3) is 0 Å². The number of carbonyl (C=O) groups is 2. The average molecular weight is 335 g/mol. The van der Waals surface area contributed by atoms with Gasteiger partial charge in [0.1, 0.15) is 11.5 Å². The molecule has 7 heteroatoms. The Balaban J connectivity index is 2.19. The smallest absolute Gasteiger partial charge is 0.335 e. The number of carbonyl (C=O) groups excluding carboxylic acids is 1. The van der Waals surface area contributed by atoms with Gasteiger partial charge < -0.3 is 14.7 Å². The van der Waals surface area contributed by atoms with Crippen LogP contribution in [0.25, 0.3) is 0 Å². The van der Waals surface area contributed by atoms with E-state index in [1.54, 1.807) is 12.1 Å². The third-order valence-electron chi connectivity index (χ3n) is 3.15. The van der Waals surface area contributed by atoms with Gasteiger partial charge in [-0.15, -0.1) is 0 Å². The van der Waals surface area contributed by atoms with Gasteiger partial charge >= 0.3 is 5.97 Å². The Morgan fingerprint density at radius 1 is 1.12 bits per heavy atom. The number of benzene rings is 2. The van der Waals surface area contributed by atoms with E-state index in [-0.39, 0.29) is 30.4 Å². The summed E-state index contributed by atoms with van der Waals surface area (Å²) in [5, 5.41) is 9.04. The topological polar surface area (TPSA) is 66.8 Å². The minimum atomic E-state index is -1.10. The van der Waals surface area contributed by atoms with Crippen molar-refractivity contribution in [3.8, 4) is 5.75 Å². The third-order valence-corrected chi connectivity index (χ3v) is 3.15. The molecule has 2 aromatic carbocycles. The van der Waals surface area contributed by atoms with E-state index >= 15 is 0 Å². The van der Waals surface area contributed by atoms with Crippen LogP contribution >= 0.6 is 0 Å². The number of hydrogen-bond donors (Lipinski definition) is 1. The molecule has 24 heavy (non-hydrogen) atoms. The second-order valence-corrected chi connectivity index (χ2v) is 5.10. The first-order valence-electron chi connectivity index (χ1n) is 7.02. The number of carboxylic acid groups (broad SMARTS) is 1. The van der Waals surface area contributed by atoms with Crippen molar-refractivity contribution >= 4 is 17.4 Å². The van der Waals surface area contributed by atoms with E-state index in [1.807, 2.05) is 0 Å². The van der Waals surface area contributed by atoms with Crippen LogP contribution in [-0.4, -0.2) is 30.1 Å². The molecule has 0 aliphatic heterocycles. The molecule has 0 bridgehead atoms. The molecule has 0 amide bonds. The quantitative estimate of drug-likeness (QED) is 0.788. The molecular formula is C17H15F2NO4. The van der Waals surface area contributed by atoms with Gasteiger partial charge in [0, 0.05) is 11.8 Å². The molecule has 0 aliphatic carbocycles. The van der Waals surface area contributed by atoms with Gasteiger partial charge in [-0.3, -0.25) is 4.79 Å². The molecule has 2 aromatic rings. The average Bonchev–Trinajstić information content (AvgIpc) is 2.54. The summed E-state index contributed by atoms with van der Waals surface area (Å²) in [7, 11) is 0. The maximum absolute atomic E-state index is 13.2. The van der Waals surface area contributed by atoms with Gasteiger partial charge in [-0.05, 0) is 37.3 Å². The lowest BCUT2D eigenvalue weighted by Crippen LogP contribution is -2.32. The van der Waals surface area contributed by atoms with E-state index in [0.29, 0.717) is 5.69 Å². The Bertz CT molecular complexity index is 764. The molecule has 0 radical (unpaired) electrons. The van der Waals surface area contributed by atoms with Crippen molar-refractivity contribution in [2.24, 2.45) is 0 Å². The first-order chi connectivity index (χ1) is 11.4. The van der Waals surface area contributed by atoms with Gasteiger partial charge in [-0.2, -0.15) is 0 Å². The van der Waals surface area contributed by atoms with Crippen LogP contribution in [0.3, 0.4) is 0 Å². The Morgan fingerprint density at radius 3 is 2.50 bits per heavy atom. The molecular weight excluding hydrogens is 320 g/mol. The maximum Gasteiger partial charge on any atom is 0.335 e. The van der Waals surface area contributed by atoms with Crippen molar-refractivity contribution < 1.29 is 28.2 Å². The fraction of sp³-hybridized carbons (Fsp3) is 0.176. The van der Waals surface area contributed by atoms with Crippen LogP contribution in [0.4, 0.5) is 14.5 Å². The standard InChI is InChI=1S/C17H15F2NO4/c1-11(21)9-20(13-4-2-3-12(7-13)17(22)23)10-24-14-5-6-15(18)16(19)8-14/h2-8H,9-10H2,1H3,(H,22,23). The van der Waals surface area contributed by atoms with E-state index in [0.717, 1.165) is 12.1 Å². The number of ether oxygens (including phenoxy) is 1. The number of nitrogens with zero attached hydrogens (tertiary/aromatic N) is 1. The molecule has 0 saturated heterocycles. The number of halogens is 2. The zero-order chi connectivity index (χ0) is 17.7. The molecule has 0 fully saturated rings. The van der Waals surface area contributed by atoms with Crippen LogP contribution in [0.1, 0.15) is 17.3 Å². The van der Waals surface area contributed by atoms with Crippen LogP contribution in [-0.2, 0) is 4.79 Å². The molecule has 0 aromatic heterocycles. The van der Waals surface area contributed by atoms with Crippen molar-refractivity contribution in [2.45, 2.75) is 6.92 Å². The summed E-state index contributed by atoms with van der Waals surface area (Å²) in [6, 6.07) is 9.10. The minimum absolute atomic E-state index is 0.0211. The summed E-state index contributed by atoms with van der Waals surface area (Å²) in [5.41, 5.74) is 0.529. The predicted molar refractivity (Wildman–Crippen MR) is 83.3 cm³/mol. The summed E-state index contributed by atoms with van der Waals surface area (Å²) >= 11 is 0. The van der Waals surface area contributed by atoms with E-state index in [9.17, 15) is 18.4 Å². The van der Waals surface area contributed by atoms with Gasteiger partial charge in [0.15, 0.2) is 18.4 Å². The number of hydrogen-bond acceptors (Lipinski definition) is 4. The highest BCUT2D eigenvalue weighted by Crippen LogP contribution is 2.19. The van der Waals surface area contributed by atoms with Crippen molar-refractivity contribution in [1.29, 1.82) is 0 Å². The van der Waals surface area contributed by atoms with E-state index in [4.69, 9.17) is 9.84 Å². The first kappa shape index (κ1) is 17.4. The molecule has 2 rings (SSSR count). The zero-order valence-electron chi connectivity index (χ0n) is 12.8. The maximum atomic E-state index is 13.2. The SMILES string of the molecule is CC(=O)CN(COc1ccc(F)c(F)c1)c1cccc(C(=O)O)c1. The van der Waals surface area contributed by atoms with Gasteiger partial charge in [-0.1, -0.05) is 6.07 Å². The van der Waals surface area contributed by atoms with Gasteiger partial charge in [0.05, 0.1) is 12.1 Å². The van der Waals surface area contributed by atoms with Crippen molar-refractivity contribution in [2.75, 3.05) is 18.2 Å². The van der Waals surface area contributed by atoms with Gasteiger partial charge in [0.2, 0.25) is 0 Å². The molecule has 0 heterocycles. The number of ketones is 1. The Labute approximate surface area is 137 Å². The van der Waals surface area contributed by atoms with Gasteiger partial charge in [-0.25, -0.2) is 13.6 Å². The summed E-state index contributed by atoms with van der Waals surface area (Å²) in [6.07, 6.45) is 0. The summed E-state index contributed by atoms with van der Waals surface area (Å²) in [4.78, 5) is 24.0. The zero-order valence-corrected chi connectivity index (χ0v) is 12.8. The second-order valence-electron chi connectivity index (χ2n) is 5.10. The largest absolute Gasteiger partial charge is 0.478 e.